The van der Waals surface area contributed by atoms with Gasteiger partial charge < -0.3 is 15.6 Å². The van der Waals surface area contributed by atoms with Crippen molar-refractivity contribution in [3.8, 4) is 0 Å². The number of nitrogens with two attached hydrogens (primary N) is 1. The first-order valence-corrected chi connectivity index (χ1v) is 11.2. The van der Waals surface area contributed by atoms with E-state index >= 15 is 0 Å². The lowest BCUT2D eigenvalue weighted by molar-refractivity contribution is -0.428. The fraction of sp³-hybridized carbons (Fsp3) is 0.667. The Morgan fingerprint density at radius 3 is 1.74 bits per heavy atom. The molecular weight excluding hydrogens is 583 g/mol. The van der Waals surface area contributed by atoms with Gasteiger partial charge in [-0.05, 0) is 12.3 Å². The zero-order valence-electron chi connectivity index (χ0n) is 19.1. The number of esters is 1. The minimum Gasteiger partial charge on any atom is -0.460 e. The van der Waals surface area contributed by atoms with Gasteiger partial charge in [-0.15, -0.1) is 0 Å². The van der Waals surface area contributed by atoms with Crippen molar-refractivity contribution in [3.63, 3.8) is 0 Å². The van der Waals surface area contributed by atoms with E-state index in [2.05, 4.69) is 17.9 Å². The summed E-state index contributed by atoms with van der Waals surface area (Å²) in [5.74, 6) is -16.4. The van der Waals surface area contributed by atoms with Crippen LogP contribution in [0, 0.1) is 5.92 Å². The third-order valence-electron chi connectivity index (χ3n) is 4.19. The van der Waals surface area contributed by atoms with Gasteiger partial charge in [-0.25, -0.2) is 9.18 Å². The third-order valence-corrected chi connectivity index (χ3v) is 5.18. The van der Waals surface area contributed by atoms with Crippen LogP contribution < -0.4 is 5.73 Å². The molecule has 0 radical (unpaired) electrons. The van der Waals surface area contributed by atoms with E-state index in [-0.39, 0.29) is 23.7 Å². The van der Waals surface area contributed by atoms with E-state index in [1.807, 2.05) is 0 Å². The van der Waals surface area contributed by atoms with E-state index in [4.69, 9.17) is 15.4 Å². The lowest BCUT2D eigenvalue weighted by atomic mass is 9.88. The molecule has 0 rings (SSSR count). The zero-order chi connectivity index (χ0) is 31.1. The monoisotopic (exact) mass is 605 g/mol. The highest BCUT2D eigenvalue weighted by atomic mass is 32.2. The maximum absolute atomic E-state index is 13.3. The summed E-state index contributed by atoms with van der Waals surface area (Å²) in [6.45, 7) is 6.28. The van der Waals surface area contributed by atoms with E-state index < -0.39 is 71.0 Å². The third kappa shape index (κ3) is 10.4. The van der Waals surface area contributed by atoms with Gasteiger partial charge in [-0.1, -0.05) is 20.1 Å². The van der Waals surface area contributed by atoms with Crippen LogP contribution in [0.3, 0.4) is 0 Å². The molecule has 0 aromatic carbocycles. The minimum absolute atomic E-state index is 0.163. The Morgan fingerprint density at radius 1 is 1.00 bits per heavy atom. The van der Waals surface area contributed by atoms with Gasteiger partial charge in [0.15, 0.2) is 0 Å². The second-order valence-electron chi connectivity index (χ2n) is 7.65. The standard InChI is InChI=1S/C11H9F11O3.C7H13NO4S/c1-2-6(24)25-4-5(23)3-7(12,13)9(15,16)8(14,10(17,18)19)11(20,21)22;1-5(4-13(10,11)12)3-6(2)7(8)9/h2,5,23H,1,3-4H2;5H,2-4H2,1H3,(H2,8,9)(H,10,11,12). The quantitative estimate of drug-likeness (QED) is 0.134. The predicted molar refractivity (Wildman–Crippen MR) is 106 cm³/mol. The summed E-state index contributed by atoms with van der Waals surface area (Å²) < 4.78 is 173. The molecule has 0 saturated carbocycles. The maximum Gasteiger partial charge on any atom is 0.438 e. The van der Waals surface area contributed by atoms with Gasteiger partial charge in [0.2, 0.25) is 5.91 Å². The highest BCUT2D eigenvalue weighted by Gasteiger charge is 2.89. The SMILES string of the molecule is C=C(CC(C)CS(=O)(=O)O)C(N)=O.C=CC(=O)OCC(O)CC(F)(F)C(F)(F)C(F)(C(F)(F)F)C(F)(F)F. The summed E-state index contributed by atoms with van der Waals surface area (Å²) in [6, 6.07) is 0. The summed E-state index contributed by atoms with van der Waals surface area (Å²) in [6.07, 6.45) is -19.9. The first-order chi connectivity index (χ1) is 16.6. The molecule has 20 heteroatoms. The van der Waals surface area contributed by atoms with Crippen molar-refractivity contribution in [1.29, 1.82) is 0 Å². The van der Waals surface area contributed by atoms with Crippen molar-refractivity contribution in [2.45, 2.75) is 55.7 Å². The van der Waals surface area contributed by atoms with Gasteiger partial charge in [0.05, 0.1) is 11.9 Å². The number of halogens is 11. The highest BCUT2D eigenvalue weighted by molar-refractivity contribution is 7.85. The number of carbonyl (C=O) groups is 2. The molecule has 38 heavy (non-hydrogen) atoms. The first kappa shape index (κ1) is 37.7. The molecule has 0 aliphatic carbocycles. The van der Waals surface area contributed by atoms with Crippen molar-refractivity contribution < 1.29 is 80.7 Å². The normalized spacial score (nSPS) is 15.0. The van der Waals surface area contributed by atoms with Crippen LogP contribution in [-0.2, 0) is 24.4 Å². The lowest BCUT2D eigenvalue weighted by Gasteiger charge is -2.40. The highest BCUT2D eigenvalue weighted by Crippen LogP contribution is 2.59. The van der Waals surface area contributed by atoms with Crippen LogP contribution in [0.1, 0.15) is 19.8 Å². The summed E-state index contributed by atoms with van der Waals surface area (Å²) in [4.78, 5) is 21.1. The van der Waals surface area contributed by atoms with Crippen LogP contribution in [0.15, 0.2) is 24.8 Å². The summed E-state index contributed by atoms with van der Waals surface area (Å²) >= 11 is 0. The smallest absolute Gasteiger partial charge is 0.438 e. The minimum atomic E-state index is -7.59. The first-order valence-electron chi connectivity index (χ1n) is 9.55. The number of aliphatic hydroxyl groups excluding tert-OH is 1. The van der Waals surface area contributed by atoms with E-state index in [1.165, 1.54) is 0 Å². The average molecular weight is 605 g/mol. The number of amides is 1. The van der Waals surface area contributed by atoms with Crippen molar-refractivity contribution in [3.05, 3.63) is 24.8 Å². The fourth-order valence-electron chi connectivity index (χ4n) is 2.43. The molecule has 0 bridgehead atoms. The van der Waals surface area contributed by atoms with E-state index in [0.29, 0.717) is 6.08 Å². The molecule has 2 atom stereocenters. The number of hydrogen-bond acceptors (Lipinski definition) is 6. The molecule has 0 spiro atoms. The molecule has 2 unspecified atom stereocenters. The lowest BCUT2D eigenvalue weighted by Crippen LogP contribution is -2.70. The van der Waals surface area contributed by atoms with Gasteiger partial charge in [-0.2, -0.15) is 52.3 Å². The van der Waals surface area contributed by atoms with Crippen LogP contribution >= 0.6 is 0 Å². The van der Waals surface area contributed by atoms with Gasteiger partial charge >= 0.3 is 35.8 Å². The Balaban J connectivity index is 0. The van der Waals surface area contributed by atoms with E-state index in [1.54, 1.807) is 6.92 Å². The zero-order valence-corrected chi connectivity index (χ0v) is 19.9. The molecule has 0 aliphatic rings. The Hall–Kier alpha value is -2.48. The molecular formula is C18H22F11NO7S. The number of aliphatic hydroxyl groups is 1. The van der Waals surface area contributed by atoms with Crippen LogP contribution in [-0.4, -0.2) is 78.3 Å². The number of alkyl halides is 11. The Bertz CT molecular complexity index is 949. The van der Waals surface area contributed by atoms with Gasteiger partial charge in [0, 0.05) is 18.1 Å². The number of hydrogen-bond donors (Lipinski definition) is 3. The molecule has 224 valence electrons. The molecule has 1 amide bonds. The van der Waals surface area contributed by atoms with Crippen LogP contribution in [0.2, 0.25) is 0 Å². The van der Waals surface area contributed by atoms with E-state index in [0.717, 1.165) is 0 Å². The fourth-order valence-corrected chi connectivity index (χ4v) is 3.27. The number of primary amides is 1. The molecule has 0 heterocycles. The summed E-state index contributed by atoms with van der Waals surface area (Å²) in [7, 11) is -3.99. The maximum atomic E-state index is 13.3. The Kier molecular flexibility index (Phi) is 12.9. The second kappa shape index (κ2) is 13.0. The second-order valence-corrected chi connectivity index (χ2v) is 9.15. The molecule has 8 nitrogen and oxygen atoms in total. The molecule has 0 aromatic rings. The summed E-state index contributed by atoms with van der Waals surface area (Å²) in [5, 5.41) is 8.95. The van der Waals surface area contributed by atoms with Gasteiger partial charge in [0.1, 0.15) is 6.61 Å². The molecule has 0 aliphatic heterocycles. The van der Waals surface area contributed by atoms with Crippen LogP contribution in [0.4, 0.5) is 48.3 Å². The number of ether oxygens (including phenoxy) is 1. The largest absolute Gasteiger partial charge is 0.460 e. The number of carbonyl (C=O) groups excluding carboxylic acids is 2. The molecule has 4 N–H and O–H groups in total. The topological polar surface area (TPSA) is 144 Å². The van der Waals surface area contributed by atoms with Crippen molar-refractivity contribution in [2.24, 2.45) is 11.7 Å². The van der Waals surface area contributed by atoms with Crippen LogP contribution in [0.25, 0.3) is 0 Å². The van der Waals surface area contributed by atoms with Crippen LogP contribution in [0.5, 0.6) is 0 Å². The predicted octanol–water partition coefficient (Wildman–Crippen LogP) is 3.51. The number of rotatable bonds is 12. The summed E-state index contributed by atoms with van der Waals surface area (Å²) in [5.41, 5.74) is -2.53. The Labute approximate surface area is 208 Å². The Morgan fingerprint density at radius 2 is 1.42 bits per heavy atom. The average Bonchev–Trinajstić information content (AvgIpc) is 2.67. The van der Waals surface area contributed by atoms with Crippen molar-refractivity contribution in [1.82, 2.24) is 0 Å². The molecule has 0 fully saturated rings. The molecule has 0 saturated heterocycles. The van der Waals surface area contributed by atoms with Gasteiger partial charge in [-0.3, -0.25) is 9.35 Å². The van der Waals surface area contributed by atoms with E-state index in [9.17, 15) is 66.3 Å². The van der Waals surface area contributed by atoms with Crippen molar-refractivity contribution in [2.75, 3.05) is 12.4 Å². The molecule has 0 aromatic heterocycles. The van der Waals surface area contributed by atoms with Gasteiger partial charge in [0.25, 0.3) is 10.1 Å². The van der Waals surface area contributed by atoms with Crippen molar-refractivity contribution >= 4 is 22.0 Å².